The molecule has 1 aliphatic carbocycles. The van der Waals surface area contributed by atoms with Gasteiger partial charge in [-0.15, -0.1) is 0 Å². The molecule has 185 valence electrons. The standard InChI is InChI=1S/C24H44BO6S/c1-16(2)20-8-7-17(3)15-24(20)29-12-10-18(30-24)13-21(23(4,5)6)28-11-9-19(31-32-25)14-22(26)27/h16-21,25H,7-15H2,1-6H3,(H,26,27)/t17-,18+,19+,20+,21+,24+/m1/s1/i25T. The van der Waals surface area contributed by atoms with Crippen LogP contribution in [0.2, 0.25) is 0 Å². The van der Waals surface area contributed by atoms with Gasteiger partial charge in [0.2, 0.25) is 7.09 Å². The molecule has 6 atom stereocenters. The van der Waals surface area contributed by atoms with Crippen molar-refractivity contribution in [2.45, 2.75) is 111 Å². The molecule has 1 saturated carbocycles. The molecule has 0 amide bonds. The summed E-state index contributed by atoms with van der Waals surface area (Å²) in [5, 5.41) is 9.12. The molecule has 0 aromatic rings. The van der Waals surface area contributed by atoms with Crippen LogP contribution in [0.3, 0.4) is 0 Å². The van der Waals surface area contributed by atoms with Gasteiger partial charge in [-0.05, 0) is 37.8 Å². The number of ether oxygens (including phenoxy) is 3. The third-order valence-corrected chi connectivity index (χ3v) is 7.30. The zero-order valence-corrected chi connectivity index (χ0v) is 21.6. The fourth-order valence-electron chi connectivity index (χ4n) is 5.18. The van der Waals surface area contributed by atoms with Crippen LogP contribution in [-0.4, -0.2) is 56.8 Å². The summed E-state index contributed by atoms with van der Waals surface area (Å²) in [6, 6.07) is 0. The normalized spacial score (nSPS) is 31.3. The van der Waals surface area contributed by atoms with Gasteiger partial charge in [0.25, 0.3) is 0 Å². The number of carbonyl (C=O) groups is 1. The molecule has 2 fully saturated rings. The molecular weight excluding hydrogens is 427 g/mol. The highest BCUT2D eigenvalue weighted by molar-refractivity contribution is 8.15. The van der Waals surface area contributed by atoms with Gasteiger partial charge in [0.15, 0.2) is 5.79 Å². The Bertz CT molecular complexity index is 604. The lowest BCUT2D eigenvalue weighted by atomic mass is 9.72. The highest BCUT2D eigenvalue weighted by Gasteiger charge is 2.50. The van der Waals surface area contributed by atoms with E-state index in [4.69, 9.17) is 24.8 Å². The third kappa shape index (κ3) is 8.19. The molecule has 8 heteroatoms. The first-order chi connectivity index (χ1) is 15.5. The first-order valence-electron chi connectivity index (χ1n) is 12.7. The van der Waals surface area contributed by atoms with E-state index in [9.17, 15) is 4.79 Å². The molecule has 0 unspecified atom stereocenters. The fraction of sp³-hybridized carbons (Fsp3) is 0.958. The molecule has 1 radical (unpaired) electrons. The molecule has 1 saturated heterocycles. The number of carboxylic acids is 1. The van der Waals surface area contributed by atoms with Crippen LogP contribution in [0.15, 0.2) is 0 Å². The van der Waals surface area contributed by atoms with E-state index in [-0.39, 0.29) is 24.0 Å². The molecule has 32 heavy (non-hydrogen) atoms. The average molecular weight is 473 g/mol. The molecule has 1 spiro atoms. The number of carboxylic acid groups (broad SMARTS) is 1. The Labute approximate surface area is 201 Å². The van der Waals surface area contributed by atoms with Crippen molar-refractivity contribution < 1.29 is 28.3 Å². The van der Waals surface area contributed by atoms with Crippen LogP contribution in [0.1, 0.15) is 86.5 Å². The van der Waals surface area contributed by atoms with Gasteiger partial charge < -0.3 is 23.5 Å². The van der Waals surface area contributed by atoms with E-state index >= 15 is 0 Å². The Morgan fingerprint density at radius 3 is 2.72 bits per heavy atom. The predicted octanol–water partition coefficient (Wildman–Crippen LogP) is 5.12. The van der Waals surface area contributed by atoms with E-state index in [1.807, 2.05) is 0 Å². The van der Waals surface area contributed by atoms with E-state index in [1.165, 1.54) is 6.42 Å². The number of rotatable bonds is 12. The van der Waals surface area contributed by atoms with Crippen molar-refractivity contribution in [2.24, 2.45) is 23.2 Å². The SMILES string of the molecule is [3H][B]SO[C@@H](CCO[C@@H](C[C@@H]1CCO[C@@]2(C[C@H](C)CC[C@H]2C(C)C)O1)C(C)(C)C)CC(=O)O. The van der Waals surface area contributed by atoms with Crippen molar-refractivity contribution in [3.05, 3.63) is 0 Å². The van der Waals surface area contributed by atoms with Gasteiger partial charge in [-0.1, -0.05) is 59.9 Å². The fourth-order valence-corrected chi connectivity index (χ4v) is 5.50. The summed E-state index contributed by atoms with van der Waals surface area (Å²) in [6.45, 7) is 14.5. The van der Waals surface area contributed by atoms with Crippen molar-refractivity contribution in [2.75, 3.05) is 13.2 Å². The molecule has 0 aromatic heterocycles. The van der Waals surface area contributed by atoms with E-state index in [0.717, 1.165) is 44.7 Å². The van der Waals surface area contributed by atoms with Gasteiger partial charge in [-0.3, -0.25) is 4.79 Å². The lowest BCUT2D eigenvalue weighted by Crippen LogP contribution is -2.55. The maximum atomic E-state index is 11.1. The molecule has 1 aliphatic heterocycles. The van der Waals surface area contributed by atoms with Gasteiger partial charge in [0.05, 0.1) is 31.3 Å². The minimum atomic E-state index is -0.916. The van der Waals surface area contributed by atoms with E-state index in [2.05, 4.69) is 41.5 Å². The Balaban J connectivity index is 2.00. The second-order valence-electron chi connectivity index (χ2n) is 11.1. The van der Waals surface area contributed by atoms with Gasteiger partial charge in [0, 0.05) is 25.4 Å². The average Bonchev–Trinajstić information content (AvgIpc) is 2.69. The van der Waals surface area contributed by atoms with E-state index in [1.54, 1.807) is 0 Å². The second-order valence-corrected chi connectivity index (χ2v) is 11.5. The Morgan fingerprint density at radius 1 is 1.34 bits per heavy atom. The van der Waals surface area contributed by atoms with Crippen LogP contribution in [0.25, 0.3) is 0 Å². The molecule has 1 N–H and O–H groups in total. The number of hydrogen-bond donors (Lipinski definition) is 1. The zero-order chi connectivity index (χ0) is 24.6. The molecular formula is C24H44BO6S. The number of aliphatic carboxylic acids is 1. The predicted molar refractivity (Wildman–Crippen MR) is 130 cm³/mol. The summed E-state index contributed by atoms with van der Waals surface area (Å²) in [7, 11) is 1.06. The van der Waals surface area contributed by atoms with Gasteiger partial charge >= 0.3 is 5.97 Å². The van der Waals surface area contributed by atoms with Crippen LogP contribution in [0.5, 0.6) is 0 Å². The largest absolute Gasteiger partial charge is 0.481 e. The maximum Gasteiger partial charge on any atom is 0.306 e. The molecule has 0 bridgehead atoms. The van der Waals surface area contributed by atoms with Gasteiger partial charge in [-0.2, -0.15) is 0 Å². The van der Waals surface area contributed by atoms with Crippen LogP contribution in [0.4, 0.5) is 0 Å². The zero-order valence-electron chi connectivity index (χ0n) is 21.8. The maximum absolute atomic E-state index is 11.1. The summed E-state index contributed by atoms with van der Waals surface area (Å²) >= 11 is 0.855. The highest BCUT2D eigenvalue weighted by atomic mass is 32.2. The third-order valence-electron chi connectivity index (χ3n) is 6.92. The summed E-state index contributed by atoms with van der Waals surface area (Å²) in [5.74, 6) is 0.113. The van der Waals surface area contributed by atoms with Gasteiger partial charge in [-0.25, -0.2) is 0 Å². The van der Waals surface area contributed by atoms with Crippen LogP contribution >= 0.6 is 11.9 Å². The lowest BCUT2D eigenvalue weighted by molar-refractivity contribution is -0.342. The Hall–Kier alpha value is -0.275. The summed E-state index contributed by atoms with van der Waals surface area (Å²) in [6.07, 6.45) is 4.88. The van der Waals surface area contributed by atoms with Crippen LogP contribution in [-0.2, 0) is 23.2 Å². The first kappa shape index (κ1) is 26.3. The monoisotopic (exact) mass is 473 g/mol. The summed E-state index contributed by atoms with van der Waals surface area (Å²) in [4.78, 5) is 11.1. The first-order valence-corrected chi connectivity index (χ1v) is 12.9. The quantitative estimate of drug-likeness (QED) is 0.312. The summed E-state index contributed by atoms with van der Waals surface area (Å²) < 4.78 is 32.0. The van der Waals surface area contributed by atoms with E-state index < -0.39 is 17.9 Å². The lowest BCUT2D eigenvalue weighted by Gasteiger charge is -2.52. The highest BCUT2D eigenvalue weighted by Crippen LogP contribution is 2.47. The molecule has 6 nitrogen and oxygen atoms in total. The Kier molecular flexibility index (Phi) is 10.2. The molecule has 2 rings (SSSR count). The van der Waals surface area contributed by atoms with Crippen LogP contribution < -0.4 is 0 Å². The smallest absolute Gasteiger partial charge is 0.306 e. The van der Waals surface area contributed by atoms with Crippen LogP contribution in [0, 0.1) is 23.2 Å². The van der Waals surface area contributed by atoms with Crippen molar-refractivity contribution in [1.82, 2.24) is 0 Å². The van der Waals surface area contributed by atoms with Crippen molar-refractivity contribution in [3.63, 3.8) is 0 Å². The molecule has 0 aromatic carbocycles. The van der Waals surface area contributed by atoms with Gasteiger partial charge in [0.1, 0.15) is 0 Å². The second kappa shape index (κ2) is 12.4. The van der Waals surface area contributed by atoms with Crippen molar-refractivity contribution in [1.29, 1.82) is 1.34 Å². The summed E-state index contributed by atoms with van der Waals surface area (Å²) in [5.41, 5.74) is -0.0843. The number of hydrogen-bond acceptors (Lipinski definition) is 6. The van der Waals surface area contributed by atoms with E-state index in [0.29, 0.717) is 37.4 Å². The topological polar surface area (TPSA) is 74.2 Å². The molecule has 1 heterocycles. The minimum absolute atomic E-state index is 0.0305. The molecule has 2 aliphatic rings. The van der Waals surface area contributed by atoms with Crippen molar-refractivity contribution in [3.8, 4) is 0 Å². The minimum Gasteiger partial charge on any atom is -0.481 e. The van der Waals surface area contributed by atoms with Crippen molar-refractivity contribution >= 4 is 25.0 Å². The Morgan fingerprint density at radius 2 is 2.09 bits per heavy atom.